The van der Waals surface area contributed by atoms with E-state index in [1.54, 1.807) is 18.2 Å². The lowest BCUT2D eigenvalue weighted by Crippen LogP contribution is -2.39. The zero-order valence-electron chi connectivity index (χ0n) is 20.9. The Hall–Kier alpha value is -3.71. The Kier molecular flexibility index (Phi) is 9.25. The van der Waals surface area contributed by atoms with Gasteiger partial charge in [-0.2, -0.15) is 13.2 Å². The molecule has 4 aromatic rings. The number of nitrogens with one attached hydrogen (secondary N) is 1. The second kappa shape index (κ2) is 12.6. The molecule has 1 unspecified atom stereocenters. The predicted octanol–water partition coefficient (Wildman–Crippen LogP) is 4.43. The Morgan fingerprint density at radius 1 is 1.05 bits per heavy atom. The molecule has 3 atom stereocenters. The van der Waals surface area contributed by atoms with E-state index in [4.69, 9.17) is 11.6 Å². The minimum Gasteiger partial charge on any atom is -0.463 e. The summed E-state index contributed by atoms with van der Waals surface area (Å²) in [6.07, 6.45) is -8.90. The summed E-state index contributed by atoms with van der Waals surface area (Å²) in [6, 6.07) is 18.6. The molecule has 0 aliphatic carbocycles. The number of carbonyl (C=O) groups excluding carboxylic acids is 1. The van der Waals surface area contributed by atoms with Crippen LogP contribution < -0.4 is 5.32 Å². The number of aliphatic hydroxyl groups is 2. The monoisotopic (exact) mass is 578 g/mol. The van der Waals surface area contributed by atoms with Gasteiger partial charge >= 0.3 is 12.1 Å². The van der Waals surface area contributed by atoms with Gasteiger partial charge < -0.3 is 20.2 Å². The fourth-order valence-corrected chi connectivity index (χ4v) is 4.33. The SMILES string of the molecule is O=C(OCCC(F)(F)F)[C@H](O)C[C@@H](Cc1ccc(-c2cccc(Cl)c2)cc1)NC(O)c1ccc2nnn(O)c2c1. The van der Waals surface area contributed by atoms with Crippen molar-refractivity contribution in [2.75, 3.05) is 6.61 Å². The van der Waals surface area contributed by atoms with Gasteiger partial charge in [0.2, 0.25) is 0 Å². The number of benzene rings is 3. The van der Waals surface area contributed by atoms with Crippen LogP contribution in [0.15, 0.2) is 66.7 Å². The number of ether oxygens (including phenoxy) is 1. The number of halogens is 4. The molecule has 9 nitrogen and oxygen atoms in total. The summed E-state index contributed by atoms with van der Waals surface area (Å²) in [5, 5.41) is 41.9. The molecule has 0 amide bonds. The zero-order valence-corrected chi connectivity index (χ0v) is 21.7. The average Bonchev–Trinajstić information content (AvgIpc) is 3.28. The van der Waals surface area contributed by atoms with E-state index in [0.29, 0.717) is 20.9 Å². The van der Waals surface area contributed by atoms with Gasteiger partial charge in [-0.05, 0) is 64.6 Å². The van der Waals surface area contributed by atoms with Gasteiger partial charge in [0.15, 0.2) is 6.10 Å². The van der Waals surface area contributed by atoms with Crippen LogP contribution in [0, 0.1) is 0 Å². The van der Waals surface area contributed by atoms with Crippen molar-refractivity contribution in [2.24, 2.45) is 0 Å². The Labute approximate surface area is 231 Å². The third kappa shape index (κ3) is 7.92. The lowest BCUT2D eigenvalue weighted by Gasteiger charge is -2.25. The Bertz CT molecular complexity index is 1450. The summed E-state index contributed by atoms with van der Waals surface area (Å²) in [7, 11) is 0. The van der Waals surface area contributed by atoms with E-state index in [-0.39, 0.29) is 18.4 Å². The summed E-state index contributed by atoms with van der Waals surface area (Å²) < 4.78 is 41.8. The molecule has 0 fully saturated rings. The van der Waals surface area contributed by atoms with E-state index in [0.717, 1.165) is 16.7 Å². The number of hydrogen-bond donors (Lipinski definition) is 4. The minimum absolute atomic E-state index is 0.238. The van der Waals surface area contributed by atoms with Crippen LogP contribution in [0.2, 0.25) is 5.02 Å². The smallest absolute Gasteiger partial charge is 0.392 e. The molecular weight excluding hydrogens is 553 g/mol. The molecule has 0 bridgehead atoms. The topological polar surface area (TPSA) is 130 Å². The molecule has 1 aromatic heterocycles. The molecule has 0 saturated carbocycles. The highest BCUT2D eigenvalue weighted by Gasteiger charge is 2.29. The molecular formula is C27H26ClF3N4O5. The molecule has 3 aromatic carbocycles. The normalized spacial score (nSPS) is 14.2. The summed E-state index contributed by atoms with van der Waals surface area (Å²) in [5.41, 5.74) is 3.60. The van der Waals surface area contributed by atoms with Gasteiger partial charge in [0, 0.05) is 11.1 Å². The molecule has 0 spiro atoms. The van der Waals surface area contributed by atoms with Crippen LogP contribution in [-0.2, 0) is 16.0 Å². The van der Waals surface area contributed by atoms with Crippen molar-refractivity contribution in [3.05, 3.63) is 82.9 Å². The molecule has 0 radical (unpaired) electrons. The third-order valence-electron chi connectivity index (χ3n) is 6.17. The minimum atomic E-state index is -4.50. The van der Waals surface area contributed by atoms with E-state index in [1.807, 2.05) is 42.5 Å². The summed E-state index contributed by atoms with van der Waals surface area (Å²) in [5.74, 6) is -1.20. The van der Waals surface area contributed by atoms with Crippen LogP contribution in [0.5, 0.6) is 0 Å². The summed E-state index contributed by atoms with van der Waals surface area (Å²) in [4.78, 5) is 12.7. The van der Waals surface area contributed by atoms with Crippen LogP contribution >= 0.6 is 11.6 Å². The van der Waals surface area contributed by atoms with Crippen LogP contribution in [0.1, 0.15) is 30.2 Å². The largest absolute Gasteiger partial charge is 0.463 e. The highest BCUT2D eigenvalue weighted by atomic mass is 35.5. The molecule has 212 valence electrons. The van der Waals surface area contributed by atoms with E-state index in [1.165, 1.54) is 6.07 Å². The highest BCUT2D eigenvalue weighted by Crippen LogP contribution is 2.25. The van der Waals surface area contributed by atoms with Crippen LogP contribution in [0.25, 0.3) is 22.2 Å². The molecule has 1 heterocycles. The Balaban J connectivity index is 1.49. The van der Waals surface area contributed by atoms with Gasteiger partial charge in [0.1, 0.15) is 23.9 Å². The molecule has 4 rings (SSSR count). The van der Waals surface area contributed by atoms with Crippen molar-refractivity contribution >= 4 is 28.6 Å². The van der Waals surface area contributed by atoms with Crippen LogP contribution in [0.3, 0.4) is 0 Å². The fraction of sp³-hybridized carbons (Fsp3) is 0.296. The molecule has 0 aliphatic heterocycles. The number of fused-ring (bicyclic) bond motifs is 1. The first-order valence-electron chi connectivity index (χ1n) is 12.2. The number of rotatable bonds is 11. The van der Waals surface area contributed by atoms with Gasteiger partial charge in [0.05, 0.1) is 6.42 Å². The maximum Gasteiger partial charge on any atom is 0.392 e. The number of aliphatic hydroxyl groups excluding tert-OH is 2. The first kappa shape index (κ1) is 29.3. The van der Waals surface area contributed by atoms with Crippen molar-refractivity contribution in [3.63, 3.8) is 0 Å². The lowest BCUT2D eigenvalue weighted by atomic mass is 9.97. The average molecular weight is 579 g/mol. The van der Waals surface area contributed by atoms with Gasteiger partial charge in [-0.3, -0.25) is 5.32 Å². The van der Waals surface area contributed by atoms with Crippen LogP contribution in [0.4, 0.5) is 13.2 Å². The summed E-state index contributed by atoms with van der Waals surface area (Å²) >= 11 is 6.08. The number of alkyl halides is 3. The van der Waals surface area contributed by atoms with Crippen LogP contribution in [-0.4, -0.2) is 61.5 Å². The predicted molar refractivity (Wildman–Crippen MR) is 139 cm³/mol. The second-order valence-electron chi connectivity index (χ2n) is 9.19. The van der Waals surface area contributed by atoms with Crippen molar-refractivity contribution in [3.8, 4) is 11.1 Å². The van der Waals surface area contributed by atoms with Crippen molar-refractivity contribution in [2.45, 2.75) is 43.8 Å². The number of hydrogen-bond acceptors (Lipinski definition) is 8. The maximum atomic E-state index is 12.4. The first-order chi connectivity index (χ1) is 19.0. The van der Waals surface area contributed by atoms with Gasteiger partial charge in [0.25, 0.3) is 0 Å². The van der Waals surface area contributed by atoms with Gasteiger partial charge in [-0.25, -0.2) is 4.79 Å². The summed E-state index contributed by atoms with van der Waals surface area (Å²) in [6.45, 7) is -0.909. The molecule has 4 N–H and O–H groups in total. The second-order valence-corrected chi connectivity index (χ2v) is 9.63. The van der Waals surface area contributed by atoms with Crippen molar-refractivity contribution in [1.82, 2.24) is 20.5 Å². The number of aromatic nitrogens is 3. The molecule has 0 aliphatic rings. The molecule has 13 heteroatoms. The van der Waals surface area contributed by atoms with Crippen molar-refractivity contribution in [1.29, 1.82) is 0 Å². The quantitative estimate of drug-likeness (QED) is 0.117. The fourth-order valence-electron chi connectivity index (χ4n) is 4.14. The van der Waals surface area contributed by atoms with Gasteiger partial charge in [-0.15, -0.1) is 5.10 Å². The van der Waals surface area contributed by atoms with E-state index in [2.05, 4.69) is 20.4 Å². The van der Waals surface area contributed by atoms with Gasteiger partial charge in [-0.1, -0.05) is 58.9 Å². The first-order valence-corrected chi connectivity index (χ1v) is 12.6. The van der Waals surface area contributed by atoms with E-state index >= 15 is 0 Å². The number of esters is 1. The Morgan fingerprint density at radius 2 is 1.80 bits per heavy atom. The molecule has 0 saturated heterocycles. The third-order valence-corrected chi connectivity index (χ3v) is 6.40. The van der Waals surface area contributed by atoms with E-state index in [9.17, 15) is 33.4 Å². The lowest BCUT2D eigenvalue weighted by molar-refractivity contribution is -0.166. The maximum absolute atomic E-state index is 12.4. The molecule has 40 heavy (non-hydrogen) atoms. The standard InChI is InChI=1S/C27H26ClF3N4O5/c28-20-3-1-2-18(13-20)17-6-4-16(5-7-17)12-21(15-24(36)26(38)40-11-10-27(29,30)31)32-25(37)19-8-9-22-23(14-19)35(39)34-33-22/h1-9,13-14,21,24-25,32,36-37,39H,10-12,15H2/t21-,24-,25?/m1/s1. The number of nitrogens with zero attached hydrogens (tertiary/aromatic N) is 3. The number of carbonyl (C=O) groups is 1. The zero-order chi connectivity index (χ0) is 28.9. The van der Waals surface area contributed by atoms with E-state index < -0.39 is 43.5 Å². The highest BCUT2D eigenvalue weighted by molar-refractivity contribution is 6.30. The van der Waals surface area contributed by atoms with Crippen molar-refractivity contribution < 1.29 is 38.1 Å². The Morgan fingerprint density at radius 3 is 2.50 bits per heavy atom.